The molecular weight excluding hydrogens is 590 g/mol. The molecule has 0 radical (unpaired) electrons. The van der Waals surface area contributed by atoms with Crippen molar-refractivity contribution in [2.45, 2.75) is 43.2 Å². The summed E-state index contributed by atoms with van der Waals surface area (Å²) in [6, 6.07) is 33.9. The van der Waals surface area contributed by atoms with Gasteiger partial charge in [0.2, 0.25) is 5.91 Å². The molecule has 4 aromatic carbocycles. The van der Waals surface area contributed by atoms with E-state index in [4.69, 9.17) is 4.99 Å². The van der Waals surface area contributed by atoms with Crippen LogP contribution in [-0.2, 0) is 27.9 Å². The molecule has 5 rings (SSSR count). The molecule has 7 heteroatoms. The maximum Gasteiger partial charge on any atom is 0.328 e. The van der Waals surface area contributed by atoms with Crippen LogP contribution in [0.15, 0.2) is 114 Å². The molecule has 0 aliphatic carbocycles. The van der Waals surface area contributed by atoms with Gasteiger partial charge in [0, 0.05) is 29.4 Å². The number of aliphatic imine (C=N–C) groups is 1. The first-order valence-corrected chi connectivity index (χ1v) is 15.3. The second kappa shape index (κ2) is 14.2. The van der Waals surface area contributed by atoms with Crippen molar-refractivity contribution in [3.63, 3.8) is 0 Å². The largest absolute Gasteiger partial charge is 0.480 e. The van der Waals surface area contributed by atoms with Gasteiger partial charge in [-0.1, -0.05) is 119 Å². The second-order valence-corrected chi connectivity index (χ2v) is 11.1. The highest BCUT2D eigenvalue weighted by molar-refractivity contribution is 9.08. The Labute approximate surface area is 255 Å². The third kappa shape index (κ3) is 7.41. The fraction of sp³-hybridized carbons (Fsp3) is 0.229. The lowest BCUT2D eigenvalue weighted by molar-refractivity contribution is -0.138. The van der Waals surface area contributed by atoms with Gasteiger partial charge in [0.15, 0.2) is 6.04 Å². The highest BCUT2D eigenvalue weighted by Gasteiger charge is 2.31. The van der Waals surface area contributed by atoms with Gasteiger partial charge in [-0.25, -0.2) is 4.79 Å². The van der Waals surface area contributed by atoms with Crippen molar-refractivity contribution in [1.29, 1.82) is 0 Å². The maximum absolute atomic E-state index is 13.7. The van der Waals surface area contributed by atoms with Crippen molar-refractivity contribution >= 4 is 39.2 Å². The maximum atomic E-state index is 13.7. The molecule has 1 aliphatic heterocycles. The third-order valence-electron chi connectivity index (χ3n) is 7.56. The highest BCUT2D eigenvalue weighted by atomic mass is 79.9. The number of carboxylic acid groups (broad SMARTS) is 1. The topological polar surface area (TPSA) is 82.0 Å². The number of nitrogens with one attached hydrogen (secondary N) is 1. The first-order valence-electron chi connectivity index (χ1n) is 14.2. The number of hydrogen-bond donors (Lipinski definition) is 2. The number of rotatable bonds is 11. The molecule has 1 heterocycles. The van der Waals surface area contributed by atoms with E-state index in [2.05, 4.69) is 38.3 Å². The number of para-hydroxylation sites is 1. The predicted octanol–water partition coefficient (Wildman–Crippen LogP) is 6.72. The molecule has 0 unspecified atom stereocenters. The van der Waals surface area contributed by atoms with Crippen molar-refractivity contribution in [2.24, 2.45) is 4.99 Å². The van der Waals surface area contributed by atoms with E-state index in [-0.39, 0.29) is 18.4 Å². The number of carbonyl (C=O) groups excluding carboxylic acids is 1. The lowest BCUT2D eigenvalue weighted by Crippen LogP contribution is -2.39. The van der Waals surface area contributed by atoms with E-state index in [0.29, 0.717) is 23.5 Å². The smallest absolute Gasteiger partial charge is 0.328 e. The molecule has 1 saturated heterocycles. The van der Waals surface area contributed by atoms with E-state index < -0.39 is 12.0 Å². The number of amides is 1. The highest BCUT2D eigenvalue weighted by Crippen LogP contribution is 2.25. The summed E-state index contributed by atoms with van der Waals surface area (Å²) in [6.45, 7) is 1.58. The van der Waals surface area contributed by atoms with E-state index in [1.165, 1.54) is 5.56 Å². The summed E-state index contributed by atoms with van der Waals surface area (Å²) < 4.78 is 0. The number of hydrogen-bond acceptors (Lipinski definition) is 4. The Morgan fingerprint density at radius 2 is 1.50 bits per heavy atom. The fourth-order valence-electron chi connectivity index (χ4n) is 5.37. The van der Waals surface area contributed by atoms with Crippen LogP contribution >= 0.6 is 15.9 Å². The third-order valence-corrected chi connectivity index (χ3v) is 8.21. The van der Waals surface area contributed by atoms with E-state index in [1.807, 2.05) is 97.1 Å². The monoisotopic (exact) mass is 623 g/mol. The standard InChI is InChI=1S/C35H34BrN3O3/c36-23-26-19-17-25(18-20-26)22-31(35(41)42)37-33(28-12-5-2-6-13-28)29-14-7-8-15-30(29)38-34(40)32-16-9-21-39(32)24-27-10-3-1-4-11-27/h1-8,10-15,17-20,31-32H,9,16,21-24H2,(H,38,40)(H,41,42)/t31-,32-/m0/s1. The SMILES string of the molecule is O=C(O)[C@H](Cc1ccc(CBr)cc1)N=C(c1ccccc1)c1ccccc1NC(=O)[C@@H]1CCCN1Cc1ccccc1. The van der Waals surface area contributed by atoms with Gasteiger partial charge in [-0.3, -0.25) is 14.7 Å². The molecule has 214 valence electrons. The van der Waals surface area contributed by atoms with Gasteiger partial charge >= 0.3 is 5.97 Å². The molecule has 1 amide bonds. The molecule has 6 nitrogen and oxygen atoms in total. The Balaban J connectivity index is 1.45. The zero-order valence-corrected chi connectivity index (χ0v) is 24.9. The molecule has 42 heavy (non-hydrogen) atoms. The average Bonchev–Trinajstić information content (AvgIpc) is 3.49. The Morgan fingerprint density at radius 1 is 0.857 bits per heavy atom. The fourth-order valence-corrected chi connectivity index (χ4v) is 5.75. The van der Waals surface area contributed by atoms with E-state index >= 15 is 0 Å². The lowest BCUT2D eigenvalue weighted by Gasteiger charge is -2.24. The second-order valence-electron chi connectivity index (χ2n) is 10.5. The normalized spacial score (nSPS) is 16.2. The molecule has 1 fully saturated rings. The summed E-state index contributed by atoms with van der Waals surface area (Å²) in [5, 5.41) is 14.1. The summed E-state index contributed by atoms with van der Waals surface area (Å²) in [6.07, 6.45) is 1.99. The van der Waals surface area contributed by atoms with Crippen LogP contribution in [0.1, 0.15) is 40.7 Å². The quantitative estimate of drug-likeness (QED) is 0.144. The van der Waals surface area contributed by atoms with Crippen LogP contribution in [0.25, 0.3) is 0 Å². The van der Waals surface area contributed by atoms with Gasteiger partial charge in [-0.2, -0.15) is 0 Å². The predicted molar refractivity (Wildman–Crippen MR) is 171 cm³/mol. The molecule has 4 aromatic rings. The van der Waals surface area contributed by atoms with Gasteiger partial charge in [0.25, 0.3) is 0 Å². The van der Waals surface area contributed by atoms with Gasteiger partial charge in [-0.05, 0) is 42.1 Å². The van der Waals surface area contributed by atoms with Crippen LogP contribution in [0.2, 0.25) is 0 Å². The summed E-state index contributed by atoms with van der Waals surface area (Å²) in [7, 11) is 0. The van der Waals surface area contributed by atoms with Crippen LogP contribution in [0.4, 0.5) is 5.69 Å². The summed E-state index contributed by atoms with van der Waals surface area (Å²) in [4.78, 5) is 33.2. The van der Waals surface area contributed by atoms with Gasteiger partial charge in [0.1, 0.15) is 0 Å². The molecule has 0 aromatic heterocycles. The number of nitrogens with zero attached hydrogens (tertiary/aromatic N) is 2. The number of anilines is 1. The Hall–Kier alpha value is -4.07. The van der Waals surface area contributed by atoms with Crippen LogP contribution in [0, 0.1) is 0 Å². The zero-order chi connectivity index (χ0) is 29.3. The number of benzene rings is 4. The molecule has 1 aliphatic rings. The van der Waals surface area contributed by atoms with E-state index in [0.717, 1.165) is 41.4 Å². The summed E-state index contributed by atoms with van der Waals surface area (Å²) in [5.74, 6) is -1.07. The van der Waals surface area contributed by atoms with Gasteiger partial charge < -0.3 is 10.4 Å². The minimum absolute atomic E-state index is 0.0649. The lowest BCUT2D eigenvalue weighted by atomic mass is 9.98. The number of carboxylic acids is 1. The first kappa shape index (κ1) is 29.4. The van der Waals surface area contributed by atoms with Crippen molar-refractivity contribution in [3.8, 4) is 0 Å². The molecule has 0 saturated carbocycles. The van der Waals surface area contributed by atoms with Crippen molar-refractivity contribution in [1.82, 2.24) is 4.90 Å². The first-order chi connectivity index (χ1) is 20.5. The summed E-state index contributed by atoms with van der Waals surface area (Å²) in [5.41, 5.74) is 5.80. The van der Waals surface area contributed by atoms with Crippen LogP contribution in [-0.4, -0.2) is 46.2 Å². The average molecular weight is 625 g/mol. The van der Waals surface area contributed by atoms with Crippen molar-refractivity contribution in [2.75, 3.05) is 11.9 Å². The molecule has 0 spiro atoms. The number of alkyl halides is 1. The number of halogens is 1. The van der Waals surface area contributed by atoms with E-state index in [9.17, 15) is 14.7 Å². The number of aliphatic carboxylic acids is 1. The summed E-state index contributed by atoms with van der Waals surface area (Å²) >= 11 is 3.46. The Kier molecular flexibility index (Phi) is 9.95. The molecule has 2 atom stereocenters. The van der Waals surface area contributed by atoms with Gasteiger partial charge in [-0.15, -0.1) is 0 Å². The van der Waals surface area contributed by atoms with Crippen LogP contribution < -0.4 is 5.32 Å². The minimum Gasteiger partial charge on any atom is -0.480 e. The Bertz CT molecular complexity index is 1520. The molecular formula is C35H34BrN3O3. The number of carbonyl (C=O) groups is 2. The number of likely N-dealkylation sites (tertiary alicyclic amines) is 1. The minimum atomic E-state index is -1.00. The van der Waals surface area contributed by atoms with Gasteiger partial charge in [0.05, 0.1) is 17.4 Å². The zero-order valence-electron chi connectivity index (χ0n) is 23.3. The Morgan fingerprint density at radius 3 is 2.19 bits per heavy atom. The molecule has 0 bridgehead atoms. The van der Waals surface area contributed by atoms with E-state index in [1.54, 1.807) is 0 Å². The van der Waals surface area contributed by atoms with Crippen LogP contribution in [0.5, 0.6) is 0 Å². The van der Waals surface area contributed by atoms with Crippen molar-refractivity contribution in [3.05, 3.63) is 137 Å². The molecule has 2 N–H and O–H groups in total. The van der Waals surface area contributed by atoms with Crippen LogP contribution in [0.3, 0.4) is 0 Å². The van der Waals surface area contributed by atoms with Crippen molar-refractivity contribution < 1.29 is 14.7 Å².